The van der Waals surface area contributed by atoms with Gasteiger partial charge in [-0.15, -0.1) is 0 Å². The highest BCUT2D eigenvalue weighted by molar-refractivity contribution is 4.75. The Kier molecular flexibility index (Phi) is 3.26. The molecule has 0 aliphatic carbocycles. The summed E-state index contributed by atoms with van der Waals surface area (Å²) >= 11 is 0. The van der Waals surface area contributed by atoms with Crippen molar-refractivity contribution in [2.75, 3.05) is 40.3 Å². The van der Waals surface area contributed by atoms with Crippen LogP contribution in [0, 0.1) is 0 Å². The Morgan fingerprint density at radius 3 is 2.82 bits per heavy atom. The van der Waals surface area contributed by atoms with E-state index in [2.05, 4.69) is 10.3 Å². The minimum atomic E-state index is 0.227. The van der Waals surface area contributed by atoms with E-state index in [9.17, 15) is 0 Å². The maximum atomic E-state index is 9.00. The van der Waals surface area contributed by atoms with Crippen molar-refractivity contribution in [2.24, 2.45) is 0 Å². The Labute approximate surface area is 67.8 Å². The lowest BCUT2D eigenvalue weighted by Gasteiger charge is -2.39. The third-order valence-electron chi connectivity index (χ3n) is 2.04. The summed E-state index contributed by atoms with van der Waals surface area (Å²) < 4.78 is 0. The molecule has 0 spiro atoms. The van der Waals surface area contributed by atoms with E-state index < -0.39 is 0 Å². The van der Waals surface area contributed by atoms with Crippen LogP contribution in [0.4, 0.5) is 0 Å². The minimum Gasteiger partial charge on any atom is -0.395 e. The van der Waals surface area contributed by atoms with Gasteiger partial charge >= 0.3 is 0 Å². The topological polar surface area (TPSA) is 38.7 Å². The van der Waals surface area contributed by atoms with Crippen molar-refractivity contribution in [3.8, 4) is 0 Å². The predicted molar refractivity (Wildman–Crippen MR) is 44.1 cm³/mol. The van der Waals surface area contributed by atoms with Crippen LogP contribution >= 0.6 is 0 Å². The largest absolute Gasteiger partial charge is 0.395 e. The number of hydrogen-bond donors (Lipinski definition) is 2. The van der Waals surface area contributed by atoms with E-state index in [0.717, 1.165) is 19.6 Å². The number of rotatable bonds is 2. The summed E-state index contributed by atoms with van der Waals surface area (Å²) in [5, 5.41) is 16.5. The molecule has 0 saturated carbocycles. The van der Waals surface area contributed by atoms with Crippen LogP contribution in [0.25, 0.3) is 0 Å². The molecule has 11 heavy (non-hydrogen) atoms. The molecule has 0 aromatic carbocycles. The smallest absolute Gasteiger partial charge is 0.0613 e. The molecule has 1 saturated heterocycles. The van der Waals surface area contributed by atoms with Gasteiger partial charge in [0.15, 0.2) is 0 Å². The van der Waals surface area contributed by atoms with E-state index in [1.165, 1.54) is 0 Å². The molecule has 1 aliphatic rings. The van der Waals surface area contributed by atoms with Crippen LogP contribution in [0.1, 0.15) is 0 Å². The predicted octanol–water partition coefficient (Wildman–Crippen LogP) is -1.27. The van der Waals surface area contributed by atoms with E-state index in [1.807, 2.05) is 19.1 Å². The molecule has 66 valence electrons. The molecule has 0 amide bonds. The SMILES string of the molecule is CN(C)N1CCNCC1CO. The Morgan fingerprint density at radius 2 is 2.36 bits per heavy atom. The monoisotopic (exact) mass is 159 g/mol. The molecule has 1 aliphatic heterocycles. The molecule has 1 unspecified atom stereocenters. The number of hydrogen-bond acceptors (Lipinski definition) is 4. The van der Waals surface area contributed by atoms with Gasteiger partial charge in [0.2, 0.25) is 0 Å². The van der Waals surface area contributed by atoms with E-state index >= 15 is 0 Å². The number of aliphatic hydroxyl groups is 1. The zero-order valence-electron chi connectivity index (χ0n) is 7.25. The van der Waals surface area contributed by atoms with E-state index in [-0.39, 0.29) is 12.6 Å². The van der Waals surface area contributed by atoms with Gasteiger partial charge in [0.1, 0.15) is 0 Å². The summed E-state index contributed by atoms with van der Waals surface area (Å²) in [6.07, 6.45) is 0. The first-order valence-electron chi connectivity index (χ1n) is 4.01. The summed E-state index contributed by atoms with van der Waals surface area (Å²) in [5.41, 5.74) is 0. The van der Waals surface area contributed by atoms with E-state index in [0.29, 0.717) is 0 Å². The average molecular weight is 159 g/mol. The van der Waals surface area contributed by atoms with Crippen LogP contribution in [-0.2, 0) is 0 Å². The second kappa shape index (κ2) is 4.01. The van der Waals surface area contributed by atoms with Crippen molar-refractivity contribution in [2.45, 2.75) is 6.04 Å². The van der Waals surface area contributed by atoms with Gasteiger partial charge in [0, 0.05) is 33.7 Å². The summed E-state index contributed by atoms with van der Waals surface area (Å²) in [4.78, 5) is 0. The Bertz CT molecular complexity index is 118. The van der Waals surface area contributed by atoms with Gasteiger partial charge in [0.25, 0.3) is 0 Å². The van der Waals surface area contributed by atoms with Crippen molar-refractivity contribution >= 4 is 0 Å². The molecule has 1 heterocycles. The molecule has 1 rings (SSSR count). The zero-order chi connectivity index (χ0) is 8.27. The van der Waals surface area contributed by atoms with Crippen LogP contribution in [-0.4, -0.2) is 61.5 Å². The second-order valence-corrected chi connectivity index (χ2v) is 3.05. The number of hydrazine groups is 1. The average Bonchev–Trinajstić information content (AvgIpc) is 2.04. The second-order valence-electron chi connectivity index (χ2n) is 3.05. The Hall–Kier alpha value is -0.160. The summed E-state index contributed by atoms with van der Waals surface area (Å²) in [6, 6.07) is 0.249. The van der Waals surface area contributed by atoms with Gasteiger partial charge < -0.3 is 10.4 Å². The van der Waals surface area contributed by atoms with Gasteiger partial charge in [-0.1, -0.05) is 0 Å². The minimum absolute atomic E-state index is 0.227. The van der Waals surface area contributed by atoms with Gasteiger partial charge in [0.05, 0.1) is 12.6 Å². The Balaban J connectivity index is 2.44. The molecule has 2 N–H and O–H groups in total. The molecular formula is C7H17N3O. The first-order valence-corrected chi connectivity index (χ1v) is 4.01. The number of aliphatic hydroxyl groups excluding tert-OH is 1. The maximum Gasteiger partial charge on any atom is 0.0613 e. The third-order valence-corrected chi connectivity index (χ3v) is 2.04. The lowest BCUT2D eigenvalue weighted by Crippen LogP contribution is -2.57. The van der Waals surface area contributed by atoms with Crippen molar-refractivity contribution in [1.82, 2.24) is 15.3 Å². The fraction of sp³-hybridized carbons (Fsp3) is 1.00. The quantitative estimate of drug-likeness (QED) is 0.527. The van der Waals surface area contributed by atoms with Crippen molar-refractivity contribution in [3.63, 3.8) is 0 Å². The molecule has 0 aromatic rings. The molecule has 0 aromatic heterocycles. The standard InChI is InChI=1S/C7H17N3O/c1-9(2)10-4-3-8-5-7(10)6-11/h7-8,11H,3-6H2,1-2H3. The summed E-state index contributed by atoms with van der Waals surface area (Å²) in [5.74, 6) is 0. The van der Waals surface area contributed by atoms with Crippen LogP contribution in [0.3, 0.4) is 0 Å². The molecule has 0 radical (unpaired) electrons. The van der Waals surface area contributed by atoms with Gasteiger partial charge in [-0.25, -0.2) is 10.0 Å². The summed E-state index contributed by atoms with van der Waals surface area (Å²) in [7, 11) is 4.02. The molecule has 0 bridgehead atoms. The lowest BCUT2D eigenvalue weighted by molar-refractivity contribution is -0.0501. The van der Waals surface area contributed by atoms with Gasteiger partial charge in [-0.05, 0) is 0 Å². The molecule has 1 fully saturated rings. The van der Waals surface area contributed by atoms with Crippen molar-refractivity contribution < 1.29 is 5.11 Å². The van der Waals surface area contributed by atoms with Crippen molar-refractivity contribution in [3.05, 3.63) is 0 Å². The number of piperazine rings is 1. The number of nitrogens with zero attached hydrogens (tertiary/aromatic N) is 2. The first-order chi connectivity index (χ1) is 5.25. The molecular weight excluding hydrogens is 142 g/mol. The molecule has 4 heteroatoms. The maximum absolute atomic E-state index is 9.00. The van der Waals surface area contributed by atoms with E-state index in [1.54, 1.807) is 0 Å². The highest BCUT2D eigenvalue weighted by Crippen LogP contribution is 2.02. The van der Waals surface area contributed by atoms with Crippen LogP contribution < -0.4 is 5.32 Å². The highest BCUT2D eigenvalue weighted by atomic mass is 16.3. The molecule has 1 atom stereocenters. The number of nitrogens with one attached hydrogen (secondary N) is 1. The molecule has 4 nitrogen and oxygen atoms in total. The normalized spacial score (nSPS) is 27.8. The lowest BCUT2D eigenvalue weighted by atomic mass is 10.2. The Morgan fingerprint density at radius 1 is 1.64 bits per heavy atom. The van der Waals surface area contributed by atoms with Crippen LogP contribution in [0.5, 0.6) is 0 Å². The van der Waals surface area contributed by atoms with Crippen LogP contribution in [0.15, 0.2) is 0 Å². The first kappa shape index (κ1) is 8.93. The van der Waals surface area contributed by atoms with Gasteiger partial charge in [-0.3, -0.25) is 0 Å². The fourth-order valence-corrected chi connectivity index (χ4v) is 1.44. The third kappa shape index (κ3) is 2.13. The van der Waals surface area contributed by atoms with Gasteiger partial charge in [-0.2, -0.15) is 0 Å². The highest BCUT2D eigenvalue weighted by Gasteiger charge is 2.22. The fourth-order valence-electron chi connectivity index (χ4n) is 1.44. The van der Waals surface area contributed by atoms with E-state index in [4.69, 9.17) is 5.11 Å². The zero-order valence-corrected chi connectivity index (χ0v) is 7.25. The summed E-state index contributed by atoms with van der Waals surface area (Å²) in [6.45, 7) is 3.10. The van der Waals surface area contributed by atoms with Crippen molar-refractivity contribution in [1.29, 1.82) is 0 Å². The van der Waals surface area contributed by atoms with Crippen LogP contribution in [0.2, 0.25) is 0 Å².